The van der Waals surface area contributed by atoms with E-state index in [1.54, 1.807) is 6.92 Å². The summed E-state index contributed by atoms with van der Waals surface area (Å²) in [5.41, 5.74) is 5.08. The van der Waals surface area contributed by atoms with E-state index in [9.17, 15) is 4.79 Å². The molecule has 2 bridgehead atoms. The summed E-state index contributed by atoms with van der Waals surface area (Å²) in [5, 5.41) is 3.48. The Hall–Kier alpha value is -1.68. The number of aryl methyl sites for hydroxylation is 1. The first-order valence-electron chi connectivity index (χ1n) is 6.47. The number of nitrogens with one attached hydrogen (secondary N) is 2. The van der Waals surface area contributed by atoms with Crippen LogP contribution in [0.25, 0.3) is 11.0 Å². The number of fused-ring (bicyclic) bond motifs is 6. The molecule has 2 atom stereocenters. The molecule has 92 valence electrons. The molecule has 1 saturated heterocycles. The highest BCUT2D eigenvalue weighted by Crippen LogP contribution is 2.44. The van der Waals surface area contributed by atoms with Crippen molar-refractivity contribution in [1.29, 1.82) is 0 Å². The van der Waals surface area contributed by atoms with Gasteiger partial charge in [-0.3, -0.25) is 4.79 Å². The Balaban J connectivity index is 2.02. The minimum absolute atomic E-state index is 0.0819. The van der Waals surface area contributed by atoms with Crippen LogP contribution in [0.15, 0.2) is 16.9 Å². The predicted octanol–water partition coefficient (Wildman–Crippen LogP) is 1.41. The lowest BCUT2D eigenvalue weighted by atomic mass is 9.98. The van der Waals surface area contributed by atoms with Gasteiger partial charge in [-0.15, -0.1) is 0 Å². The van der Waals surface area contributed by atoms with Crippen molar-refractivity contribution in [2.45, 2.75) is 25.2 Å². The molecule has 18 heavy (non-hydrogen) atoms. The minimum Gasteiger partial charge on any atom is -0.319 e. The lowest BCUT2D eigenvalue weighted by molar-refractivity contribution is 0.454. The molecular formula is C14H15N3O. The summed E-state index contributed by atoms with van der Waals surface area (Å²) in [4.78, 5) is 19.0. The van der Waals surface area contributed by atoms with Crippen LogP contribution in [0.1, 0.15) is 35.1 Å². The number of aromatic nitrogens is 2. The second kappa shape index (κ2) is 3.42. The highest BCUT2D eigenvalue weighted by Gasteiger charge is 2.34. The van der Waals surface area contributed by atoms with Gasteiger partial charge in [-0.2, -0.15) is 0 Å². The summed E-state index contributed by atoms with van der Waals surface area (Å²) in [5.74, 6) is 1.23. The van der Waals surface area contributed by atoms with E-state index in [1.165, 1.54) is 17.5 Å². The van der Waals surface area contributed by atoms with Crippen molar-refractivity contribution in [2.24, 2.45) is 0 Å². The zero-order chi connectivity index (χ0) is 12.3. The van der Waals surface area contributed by atoms with Crippen molar-refractivity contribution in [1.82, 2.24) is 15.3 Å². The largest absolute Gasteiger partial charge is 0.319 e. The summed E-state index contributed by atoms with van der Waals surface area (Å²) < 4.78 is 0. The summed E-state index contributed by atoms with van der Waals surface area (Å²) in [7, 11) is 0. The molecule has 1 aromatic heterocycles. The van der Waals surface area contributed by atoms with Gasteiger partial charge >= 0.3 is 0 Å². The standard InChI is InChI=1S/C14H15N3O/c1-7-14(18)17-13-4-11-9-2-8(5-15-6-9)10(11)3-12(13)16-7/h3-4,8-9,15H,2,5-6H2,1H3,(H,17,18). The van der Waals surface area contributed by atoms with Gasteiger partial charge in [0.1, 0.15) is 5.69 Å². The van der Waals surface area contributed by atoms with Crippen LogP contribution >= 0.6 is 0 Å². The second-order valence-corrected chi connectivity index (χ2v) is 5.44. The fraction of sp³-hybridized carbons (Fsp3) is 0.429. The Bertz CT molecular complexity index is 704. The van der Waals surface area contributed by atoms with E-state index in [0.717, 1.165) is 24.1 Å². The SMILES string of the molecule is Cc1nc2cc3c(cc2[nH]c1=O)C1CNCC3C1. The molecule has 0 saturated carbocycles. The third kappa shape index (κ3) is 1.29. The van der Waals surface area contributed by atoms with Crippen molar-refractivity contribution < 1.29 is 0 Å². The fourth-order valence-electron chi connectivity index (χ4n) is 3.38. The number of aromatic amines is 1. The first kappa shape index (κ1) is 10.3. The topological polar surface area (TPSA) is 57.8 Å². The average Bonchev–Trinajstić information content (AvgIpc) is 2.61. The van der Waals surface area contributed by atoms with Gasteiger partial charge in [0.25, 0.3) is 5.56 Å². The molecule has 0 spiro atoms. The molecule has 1 aliphatic heterocycles. The van der Waals surface area contributed by atoms with E-state index < -0.39 is 0 Å². The first-order valence-corrected chi connectivity index (χ1v) is 6.47. The molecule has 1 aromatic carbocycles. The van der Waals surface area contributed by atoms with Crippen molar-refractivity contribution in [3.05, 3.63) is 39.3 Å². The predicted molar refractivity (Wildman–Crippen MR) is 70.1 cm³/mol. The van der Waals surface area contributed by atoms with Crippen molar-refractivity contribution >= 4 is 11.0 Å². The van der Waals surface area contributed by atoms with Crippen LogP contribution in [0.5, 0.6) is 0 Å². The average molecular weight is 241 g/mol. The van der Waals surface area contributed by atoms with Gasteiger partial charge in [0.05, 0.1) is 11.0 Å². The van der Waals surface area contributed by atoms with Gasteiger partial charge in [0.2, 0.25) is 0 Å². The lowest BCUT2D eigenvalue weighted by Crippen LogP contribution is -2.28. The number of H-pyrrole nitrogens is 1. The maximum Gasteiger partial charge on any atom is 0.269 e. The van der Waals surface area contributed by atoms with Crippen molar-refractivity contribution in [2.75, 3.05) is 13.1 Å². The van der Waals surface area contributed by atoms with Crippen LogP contribution in [0.2, 0.25) is 0 Å². The number of piperidine rings is 1. The maximum absolute atomic E-state index is 11.6. The van der Waals surface area contributed by atoms with Gasteiger partial charge in [-0.25, -0.2) is 4.98 Å². The fourth-order valence-corrected chi connectivity index (χ4v) is 3.38. The van der Waals surface area contributed by atoms with Crippen molar-refractivity contribution in [3.8, 4) is 0 Å². The van der Waals surface area contributed by atoms with Gasteiger partial charge in [-0.1, -0.05) is 0 Å². The van der Waals surface area contributed by atoms with Gasteiger partial charge in [0.15, 0.2) is 0 Å². The molecule has 2 aliphatic rings. The van der Waals surface area contributed by atoms with Gasteiger partial charge in [0, 0.05) is 13.1 Å². The summed E-state index contributed by atoms with van der Waals surface area (Å²) >= 11 is 0. The molecule has 2 heterocycles. The number of hydrogen-bond donors (Lipinski definition) is 2. The Morgan fingerprint density at radius 3 is 2.72 bits per heavy atom. The highest BCUT2D eigenvalue weighted by atomic mass is 16.1. The molecule has 2 unspecified atom stereocenters. The lowest BCUT2D eigenvalue weighted by Gasteiger charge is -2.19. The Morgan fingerprint density at radius 2 is 1.94 bits per heavy atom. The van der Waals surface area contributed by atoms with E-state index in [1.807, 2.05) is 0 Å². The minimum atomic E-state index is -0.0819. The number of rotatable bonds is 0. The quantitative estimate of drug-likeness (QED) is 0.733. The maximum atomic E-state index is 11.6. The van der Waals surface area contributed by atoms with E-state index in [-0.39, 0.29) is 5.56 Å². The molecule has 2 N–H and O–H groups in total. The molecule has 4 rings (SSSR count). The number of nitrogens with zero attached hydrogens (tertiary/aromatic N) is 1. The monoisotopic (exact) mass is 241 g/mol. The molecular weight excluding hydrogens is 226 g/mol. The first-order chi connectivity index (χ1) is 8.72. The van der Waals surface area contributed by atoms with Crippen molar-refractivity contribution in [3.63, 3.8) is 0 Å². The molecule has 2 aromatic rings. The number of hydrogen-bond acceptors (Lipinski definition) is 3. The van der Waals surface area contributed by atoms with Gasteiger partial charge < -0.3 is 10.3 Å². The Morgan fingerprint density at radius 1 is 1.22 bits per heavy atom. The molecule has 1 aliphatic carbocycles. The Kier molecular flexibility index (Phi) is 1.95. The molecule has 0 radical (unpaired) electrons. The smallest absolute Gasteiger partial charge is 0.269 e. The zero-order valence-electron chi connectivity index (χ0n) is 10.3. The van der Waals surface area contributed by atoms with E-state index in [4.69, 9.17) is 0 Å². The highest BCUT2D eigenvalue weighted by molar-refractivity contribution is 5.77. The number of benzene rings is 1. The van der Waals surface area contributed by atoms with Crippen LogP contribution < -0.4 is 10.9 Å². The summed E-state index contributed by atoms with van der Waals surface area (Å²) in [6, 6.07) is 4.31. The Labute approximate surface area is 104 Å². The molecule has 0 amide bonds. The summed E-state index contributed by atoms with van der Waals surface area (Å²) in [6.45, 7) is 3.88. The molecule has 4 heteroatoms. The third-order valence-corrected chi connectivity index (χ3v) is 4.30. The zero-order valence-corrected chi connectivity index (χ0v) is 10.3. The van der Waals surface area contributed by atoms with E-state index in [0.29, 0.717) is 17.5 Å². The van der Waals surface area contributed by atoms with Crippen LogP contribution in [0.3, 0.4) is 0 Å². The van der Waals surface area contributed by atoms with Crippen LogP contribution in [-0.4, -0.2) is 23.1 Å². The normalized spacial score (nSPS) is 25.4. The summed E-state index contributed by atoms with van der Waals surface area (Å²) in [6.07, 6.45) is 1.24. The molecule has 4 nitrogen and oxygen atoms in total. The second-order valence-electron chi connectivity index (χ2n) is 5.44. The van der Waals surface area contributed by atoms with Crippen LogP contribution in [-0.2, 0) is 0 Å². The van der Waals surface area contributed by atoms with Crippen LogP contribution in [0, 0.1) is 6.92 Å². The van der Waals surface area contributed by atoms with Gasteiger partial charge in [-0.05, 0) is 48.4 Å². The van der Waals surface area contributed by atoms with Crippen LogP contribution in [0.4, 0.5) is 0 Å². The third-order valence-electron chi connectivity index (χ3n) is 4.30. The van der Waals surface area contributed by atoms with E-state index in [2.05, 4.69) is 27.4 Å². The molecule has 1 fully saturated rings. The van der Waals surface area contributed by atoms with E-state index >= 15 is 0 Å².